The molecule has 1 N–H and O–H groups in total. The second-order valence-corrected chi connectivity index (χ2v) is 4.91. The number of likely N-dealkylation sites (N-methyl/N-ethyl adjacent to an activating group) is 1. The fraction of sp³-hybridized carbons (Fsp3) is 0.385. The molecule has 19 heavy (non-hydrogen) atoms. The van der Waals surface area contributed by atoms with Gasteiger partial charge in [0.25, 0.3) is 0 Å². The number of aliphatic carboxylic acids is 1. The molecule has 1 rings (SSSR count). The number of carboxylic acid groups (broad SMARTS) is 1. The molecule has 0 bridgehead atoms. The van der Waals surface area contributed by atoms with Crippen molar-refractivity contribution in [1.82, 2.24) is 4.90 Å². The summed E-state index contributed by atoms with van der Waals surface area (Å²) < 4.78 is 5.10. The van der Waals surface area contributed by atoms with Crippen LogP contribution in [-0.2, 0) is 4.79 Å². The van der Waals surface area contributed by atoms with Crippen molar-refractivity contribution >= 4 is 23.8 Å². The van der Waals surface area contributed by atoms with E-state index in [-0.39, 0.29) is 0 Å². The molecule has 0 fully saturated rings. The standard InChI is InChI=1S/C13H17NO4S/c1-14(11(12(15)16)8-9-19-2)13(17)18-10-6-4-3-5-7-10/h3-7,11H,8-9H2,1-2H3,(H,15,16)/t11-/m0/s1. The molecule has 0 aromatic heterocycles. The predicted octanol–water partition coefficient (Wildman–Crippen LogP) is 2.32. The Morgan fingerprint density at radius 3 is 2.53 bits per heavy atom. The Labute approximate surface area is 116 Å². The number of benzene rings is 1. The minimum atomic E-state index is -1.03. The summed E-state index contributed by atoms with van der Waals surface area (Å²) in [4.78, 5) is 24.1. The van der Waals surface area contributed by atoms with Crippen molar-refractivity contribution in [3.05, 3.63) is 30.3 Å². The number of ether oxygens (including phenoxy) is 1. The van der Waals surface area contributed by atoms with E-state index in [2.05, 4.69) is 0 Å². The summed E-state index contributed by atoms with van der Waals surface area (Å²) >= 11 is 1.54. The van der Waals surface area contributed by atoms with Gasteiger partial charge in [-0.2, -0.15) is 11.8 Å². The zero-order chi connectivity index (χ0) is 14.3. The molecule has 0 aliphatic heterocycles. The van der Waals surface area contributed by atoms with E-state index in [9.17, 15) is 9.59 Å². The summed E-state index contributed by atoms with van der Waals surface area (Å²) in [5, 5.41) is 9.13. The van der Waals surface area contributed by atoms with Crippen molar-refractivity contribution < 1.29 is 19.4 Å². The van der Waals surface area contributed by atoms with Gasteiger partial charge in [-0.15, -0.1) is 0 Å². The van der Waals surface area contributed by atoms with Crippen molar-refractivity contribution in [2.45, 2.75) is 12.5 Å². The van der Waals surface area contributed by atoms with Gasteiger partial charge in [0.15, 0.2) is 0 Å². The zero-order valence-corrected chi connectivity index (χ0v) is 11.7. The first kappa shape index (κ1) is 15.4. The Morgan fingerprint density at radius 1 is 1.37 bits per heavy atom. The summed E-state index contributed by atoms with van der Waals surface area (Å²) in [5.41, 5.74) is 0. The number of carbonyl (C=O) groups excluding carboxylic acids is 1. The Morgan fingerprint density at radius 2 is 2.00 bits per heavy atom. The molecule has 1 aromatic rings. The number of hydrogen-bond acceptors (Lipinski definition) is 4. The molecule has 5 nitrogen and oxygen atoms in total. The maximum Gasteiger partial charge on any atom is 0.415 e. The highest BCUT2D eigenvalue weighted by Crippen LogP contribution is 2.13. The molecule has 0 aliphatic carbocycles. The highest BCUT2D eigenvalue weighted by Gasteiger charge is 2.27. The number of amides is 1. The van der Waals surface area contributed by atoms with Gasteiger partial charge < -0.3 is 9.84 Å². The third-order valence-electron chi connectivity index (χ3n) is 2.58. The van der Waals surface area contributed by atoms with Crippen LogP contribution in [-0.4, -0.2) is 47.2 Å². The zero-order valence-electron chi connectivity index (χ0n) is 10.9. The SMILES string of the molecule is CSCC[C@@H](C(=O)O)N(C)C(=O)Oc1ccccc1. The molecular formula is C13H17NO4S. The Balaban J connectivity index is 2.65. The van der Waals surface area contributed by atoms with Crippen molar-refractivity contribution in [3.63, 3.8) is 0 Å². The summed E-state index contributed by atoms with van der Waals surface area (Å²) in [6, 6.07) is 7.70. The van der Waals surface area contributed by atoms with E-state index in [4.69, 9.17) is 9.84 Å². The fourth-order valence-electron chi connectivity index (χ4n) is 1.50. The van der Waals surface area contributed by atoms with Gasteiger partial charge in [-0.25, -0.2) is 9.59 Å². The number of carbonyl (C=O) groups is 2. The lowest BCUT2D eigenvalue weighted by Crippen LogP contribution is -2.44. The van der Waals surface area contributed by atoms with Crippen LogP contribution >= 0.6 is 11.8 Å². The predicted molar refractivity (Wildman–Crippen MR) is 74.7 cm³/mol. The monoisotopic (exact) mass is 283 g/mol. The third-order valence-corrected chi connectivity index (χ3v) is 3.23. The van der Waals surface area contributed by atoms with Crippen molar-refractivity contribution in [1.29, 1.82) is 0 Å². The van der Waals surface area contributed by atoms with E-state index in [1.807, 2.05) is 6.26 Å². The third kappa shape index (κ3) is 4.82. The first-order valence-electron chi connectivity index (χ1n) is 5.77. The summed E-state index contributed by atoms with van der Waals surface area (Å²) in [6.45, 7) is 0. The molecule has 6 heteroatoms. The first-order valence-corrected chi connectivity index (χ1v) is 7.17. The Kier molecular flexibility index (Phi) is 6.21. The number of carboxylic acids is 1. The van der Waals surface area contributed by atoms with Crippen LogP contribution in [0, 0.1) is 0 Å². The highest BCUT2D eigenvalue weighted by atomic mass is 32.2. The van der Waals surface area contributed by atoms with Crippen LogP contribution in [0.5, 0.6) is 5.75 Å². The van der Waals surface area contributed by atoms with Gasteiger partial charge in [0, 0.05) is 7.05 Å². The topological polar surface area (TPSA) is 66.8 Å². The summed E-state index contributed by atoms with van der Waals surface area (Å²) in [6.07, 6.45) is 1.61. The number of nitrogens with zero attached hydrogens (tertiary/aromatic N) is 1. The number of hydrogen-bond donors (Lipinski definition) is 1. The molecule has 1 amide bonds. The minimum Gasteiger partial charge on any atom is -0.480 e. The lowest BCUT2D eigenvalue weighted by atomic mass is 10.2. The second-order valence-electron chi connectivity index (χ2n) is 3.93. The van der Waals surface area contributed by atoms with Gasteiger partial charge in [0.05, 0.1) is 0 Å². The number of thioether (sulfide) groups is 1. The van der Waals surface area contributed by atoms with E-state index in [0.717, 1.165) is 4.90 Å². The van der Waals surface area contributed by atoms with Crippen LogP contribution in [0.2, 0.25) is 0 Å². The van der Waals surface area contributed by atoms with Crippen molar-refractivity contribution in [3.8, 4) is 5.75 Å². The van der Waals surface area contributed by atoms with Crippen LogP contribution in [0.3, 0.4) is 0 Å². The van der Waals surface area contributed by atoms with Crippen LogP contribution in [0.1, 0.15) is 6.42 Å². The molecule has 0 heterocycles. The lowest BCUT2D eigenvalue weighted by Gasteiger charge is -2.23. The second kappa shape index (κ2) is 7.68. The minimum absolute atomic E-state index is 0.386. The quantitative estimate of drug-likeness (QED) is 0.868. The number of para-hydroxylation sites is 1. The van der Waals surface area contributed by atoms with E-state index in [1.165, 1.54) is 18.8 Å². The molecule has 1 atom stereocenters. The lowest BCUT2D eigenvalue weighted by molar-refractivity contribution is -0.142. The number of rotatable bonds is 6. The molecule has 0 unspecified atom stereocenters. The summed E-state index contributed by atoms with van der Waals surface area (Å²) in [5.74, 6) is 0.0369. The highest BCUT2D eigenvalue weighted by molar-refractivity contribution is 7.98. The fourth-order valence-corrected chi connectivity index (χ4v) is 1.96. The van der Waals surface area contributed by atoms with E-state index >= 15 is 0 Å². The molecule has 0 spiro atoms. The largest absolute Gasteiger partial charge is 0.480 e. The van der Waals surface area contributed by atoms with Crippen molar-refractivity contribution in [2.24, 2.45) is 0 Å². The Hall–Kier alpha value is -1.69. The van der Waals surface area contributed by atoms with Crippen LogP contribution < -0.4 is 4.74 Å². The maximum atomic E-state index is 11.9. The van der Waals surface area contributed by atoms with E-state index in [0.29, 0.717) is 17.9 Å². The van der Waals surface area contributed by atoms with Gasteiger partial charge in [0.1, 0.15) is 11.8 Å². The van der Waals surface area contributed by atoms with Crippen LogP contribution in [0.4, 0.5) is 4.79 Å². The van der Waals surface area contributed by atoms with Gasteiger partial charge in [-0.05, 0) is 30.6 Å². The average Bonchev–Trinajstić information content (AvgIpc) is 2.39. The van der Waals surface area contributed by atoms with Crippen LogP contribution in [0.15, 0.2) is 30.3 Å². The first-order chi connectivity index (χ1) is 9.06. The molecule has 0 saturated heterocycles. The van der Waals surface area contributed by atoms with Crippen LogP contribution in [0.25, 0.3) is 0 Å². The smallest absolute Gasteiger partial charge is 0.415 e. The van der Waals surface area contributed by atoms with E-state index in [1.54, 1.807) is 30.3 Å². The molecule has 1 aromatic carbocycles. The maximum absolute atomic E-state index is 11.9. The Bertz CT molecular complexity index is 424. The van der Waals surface area contributed by atoms with Gasteiger partial charge in [-0.1, -0.05) is 18.2 Å². The molecule has 0 aliphatic rings. The molecular weight excluding hydrogens is 266 g/mol. The molecule has 0 radical (unpaired) electrons. The van der Waals surface area contributed by atoms with Gasteiger partial charge >= 0.3 is 12.1 Å². The van der Waals surface area contributed by atoms with Crippen molar-refractivity contribution in [2.75, 3.05) is 19.1 Å². The summed E-state index contributed by atoms with van der Waals surface area (Å²) in [7, 11) is 1.43. The normalized spacial score (nSPS) is 11.7. The average molecular weight is 283 g/mol. The molecule has 104 valence electrons. The van der Waals surface area contributed by atoms with Gasteiger partial charge in [-0.3, -0.25) is 4.90 Å². The van der Waals surface area contributed by atoms with E-state index < -0.39 is 18.1 Å². The van der Waals surface area contributed by atoms with Gasteiger partial charge in [0.2, 0.25) is 0 Å². The molecule has 0 saturated carbocycles.